The topological polar surface area (TPSA) is 29.5 Å². The van der Waals surface area contributed by atoms with Crippen molar-refractivity contribution in [2.45, 2.75) is 32.5 Å². The molecule has 0 aliphatic heterocycles. The molecular weight excluding hydrogens is 195 g/mol. The lowest BCUT2D eigenvalue weighted by Gasteiger charge is -2.15. The van der Waals surface area contributed by atoms with E-state index in [1.165, 1.54) is 14.0 Å². The van der Waals surface area contributed by atoms with Crippen molar-refractivity contribution in [3.8, 4) is 5.75 Å². The Morgan fingerprint density at radius 1 is 1.40 bits per heavy atom. The zero-order valence-corrected chi connectivity index (χ0v) is 9.33. The van der Waals surface area contributed by atoms with Crippen LogP contribution in [0.3, 0.4) is 0 Å². The average Bonchev–Trinajstić information content (AvgIpc) is 2.15. The predicted molar refractivity (Wildman–Crippen MR) is 57.9 cm³/mol. The number of methoxy groups -OCH3 is 1. The van der Waals surface area contributed by atoms with Crippen molar-refractivity contribution >= 4 is 0 Å². The molecule has 0 radical (unpaired) electrons. The van der Waals surface area contributed by atoms with Gasteiger partial charge in [-0.05, 0) is 31.9 Å². The van der Waals surface area contributed by atoms with Crippen LogP contribution in [0, 0.1) is 0 Å². The van der Waals surface area contributed by atoms with Gasteiger partial charge in [0.1, 0.15) is 11.9 Å². The Hall–Kier alpha value is -1.09. The lowest BCUT2D eigenvalue weighted by molar-refractivity contribution is 0.194. The average molecular weight is 212 g/mol. The first-order valence-electron chi connectivity index (χ1n) is 5.04. The Bertz CT molecular complexity index is 321. The van der Waals surface area contributed by atoms with Crippen LogP contribution < -0.4 is 4.74 Å². The van der Waals surface area contributed by atoms with E-state index in [-0.39, 0.29) is 0 Å². The molecule has 0 saturated heterocycles. The fourth-order valence-electron chi connectivity index (χ4n) is 1.72. The van der Waals surface area contributed by atoms with Gasteiger partial charge in [0.05, 0.1) is 13.2 Å². The van der Waals surface area contributed by atoms with E-state index >= 15 is 0 Å². The Morgan fingerprint density at radius 2 is 2.07 bits per heavy atom. The van der Waals surface area contributed by atoms with Crippen LogP contribution in [0.5, 0.6) is 5.75 Å². The molecule has 0 aromatic heterocycles. The molecule has 15 heavy (non-hydrogen) atoms. The lowest BCUT2D eigenvalue weighted by atomic mass is 9.98. The number of aliphatic hydroxyl groups excluding tert-OH is 1. The highest BCUT2D eigenvalue weighted by molar-refractivity contribution is 5.42. The van der Waals surface area contributed by atoms with Crippen LogP contribution in [-0.2, 0) is 6.42 Å². The molecule has 0 spiro atoms. The zero-order valence-electron chi connectivity index (χ0n) is 9.33. The summed E-state index contributed by atoms with van der Waals surface area (Å²) in [6.45, 7) is 3.16. The van der Waals surface area contributed by atoms with Crippen molar-refractivity contribution in [3.05, 3.63) is 29.3 Å². The van der Waals surface area contributed by atoms with Crippen molar-refractivity contribution in [2.24, 2.45) is 0 Å². The molecule has 0 amide bonds. The molecular formula is C12H17FO2. The van der Waals surface area contributed by atoms with E-state index in [1.54, 1.807) is 13.0 Å². The molecule has 1 N–H and O–H groups in total. The number of hydrogen-bond acceptors (Lipinski definition) is 2. The molecule has 2 unspecified atom stereocenters. The minimum absolute atomic E-state index is 0.445. The van der Waals surface area contributed by atoms with Crippen LogP contribution in [0.2, 0.25) is 0 Å². The van der Waals surface area contributed by atoms with Crippen molar-refractivity contribution in [1.29, 1.82) is 0 Å². The molecule has 2 nitrogen and oxygen atoms in total. The van der Waals surface area contributed by atoms with Crippen LogP contribution in [-0.4, -0.2) is 18.3 Å². The van der Waals surface area contributed by atoms with Gasteiger partial charge in [-0.2, -0.15) is 0 Å². The van der Waals surface area contributed by atoms with Gasteiger partial charge in [-0.15, -0.1) is 0 Å². The summed E-state index contributed by atoms with van der Waals surface area (Å²) in [5.41, 5.74) is 1.35. The second kappa shape index (κ2) is 5.12. The summed E-state index contributed by atoms with van der Waals surface area (Å²) in [5, 5.41) is 9.31. The van der Waals surface area contributed by atoms with Crippen molar-refractivity contribution in [3.63, 3.8) is 0 Å². The third kappa shape index (κ3) is 2.93. The SMILES string of the molecule is COc1cccc(CC(C)O)c1C(C)F. The first-order chi connectivity index (χ1) is 7.06. The third-order valence-electron chi connectivity index (χ3n) is 2.29. The van der Waals surface area contributed by atoms with Gasteiger partial charge in [-0.25, -0.2) is 4.39 Å². The van der Waals surface area contributed by atoms with E-state index in [9.17, 15) is 9.50 Å². The van der Waals surface area contributed by atoms with Crippen LogP contribution >= 0.6 is 0 Å². The highest BCUT2D eigenvalue weighted by atomic mass is 19.1. The van der Waals surface area contributed by atoms with E-state index in [4.69, 9.17) is 4.74 Å². The van der Waals surface area contributed by atoms with E-state index in [2.05, 4.69) is 0 Å². The zero-order chi connectivity index (χ0) is 11.4. The number of hydrogen-bond donors (Lipinski definition) is 1. The van der Waals surface area contributed by atoms with E-state index in [1.807, 2.05) is 12.1 Å². The van der Waals surface area contributed by atoms with Gasteiger partial charge in [-0.1, -0.05) is 12.1 Å². The van der Waals surface area contributed by atoms with Crippen LogP contribution in [0.1, 0.15) is 31.1 Å². The van der Waals surface area contributed by atoms with Gasteiger partial charge >= 0.3 is 0 Å². The maximum atomic E-state index is 13.4. The molecule has 0 saturated carbocycles. The first kappa shape index (κ1) is 12.0. The Labute approximate surface area is 89.7 Å². The largest absolute Gasteiger partial charge is 0.496 e. The molecule has 1 rings (SSSR count). The van der Waals surface area contributed by atoms with Crippen LogP contribution in [0.4, 0.5) is 4.39 Å². The van der Waals surface area contributed by atoms with Crippen LogP contribution in [0.15, 0.2) is 18.2 Å². The number of aliphatic hydroxyl groups is 1. The van der Waals surface area contributed by atoms with Gasteiger partial charge in [0.15, 0.2) is 0 Å². The fourth-order valence-corrected chi connectivity index (χ4v) is 1.72. The molecule has 84 valence electrons. The second-order valence-electron chi connectivity index (χ2n) is 3.70. The quantitative estimate of drug-likeness (QED) is 0.831. The Balaban J connectivity index is 3.13. The molecule has 0 heterocycles. The molecule has 2 atom stereocenters. The van der Waals surface area contributed by atoms with E-state index in [0.717, 1.165) is 5.56 Å². The summed E-state index contributed by atoms with van der Waals surface area (Å²) in [4.78, 5) is 0. The number of halogens is 1. The molecule has 0 fully saturated rings. The van der Waals surface area contributed by atoms with Crippen LogP contribution in [0.25, 0.3) is 0 Å². The maximum absolute atomic E-state index is 13.4. The second-order valence-corrected chi connectivity index (χ2v) is 3.70. The van der Waals surface area contributed by atoms with Gasteiger partial charge < -0.3 is 9.84 Å². The number of benzene rings is 1. The number of alkyl halides is 1. The van der Waals surface area contributed by atoms with E-state index in [0.29, 0.717) is 17.7 Å². The van der Waals surface area contributed by atoms with E-state index < -0.39 is 12.3 Å². The number of rotatable bonds is 4. The van der Waals surface area contributed by atoms with Gasteiger partial charge in [0.2, 0.25) is 0 Å². The number of ether oxygens (including phenoxy) is 1. The van der Waals surface area contributed by atoms with Crippen molar-refractivity contribution in [2.75, 3.05) is 7.11 Å². The monoisotopic (exact) mass is 212 g/mol. The maximum Gasteiger partial charge on any atom is 0.126 e. The summed E-state index contributed by atoms with van der Waals surface area (Å²) in [6, 6.07) is 5.36. The minimum Gasteiger partial charge on any atom is -0.496 e. The summed E-state index contributed by atoms with van der Waals surface area (Å²) < 4.78 is 18.5. The molecule has 1 aromatic carbocycles. The highest BCUT2D eigenvalue weighted by Gasteiger charge is 2.16. The van der Waals surface area contributed by atoms with Crippen molar-refractivity contribution in [1.82, 2.24) is 0 Å². The minimum atomic E-state index is -1.09. The highest BCUT2D eigenvalue weighted by Crippen LogP contribution is 2.31. The molecule has 0 bridgehead atoms. The predicted octanol–water partition coefficient (Wildman–Crippen LogP) is 2.65. The van der Waals surface area contributed by atoms with Crippen molar-refractivity contribution < 1.29 is 14.2 Å². The smallest absolute Gasteiger partial charge is 0.126 e. The first-order valence-corrected chi connectivity index (χ1v) is 5.04. The molecule has 0 aliphatic rings. The lowest BCUT2D eigenvalue weighted by Crippen LogP contribution is -2.08. The molecule has 1 aromatic rings. The fraction of sp³-hybridized carbons (Fsp3) is 0.500. The summed E-state index contributed by atoms with van der Waals surface area (Å²) >= 11 is 0. The Morgan fingerprint density at radius 3 is 2.53 bits per heavy atom. The normalized spacial score (nSPS) is 14.7. The summed E-state index contributed by atoms with van der Waals surface area (Å²) in [6.07, 6.45) is -1.12. The standard InChI is InChI=1S/C12H17FO2/c1-8(14)7-10-5-4-6-11(15-3)12(10)9(2)13/h4-6,8-9,14H,7H2,1-3H3. The third-order valence-corrected chi connectivity index (χ3v) is 2.29. The Kier molecular flexibility index (Phi) is 4.09. The molecule has 0 aliphatic carbocycles. The molecule has 3 heteroatoms. The summed E-state index contributed by atoms with van der Waals surface area (Å²) in [5.74, 6) is 0.545. The van der Waals surface area contributed by atoms with Gasteiger partial charge in [-0.3, -0.25) is 0 Å². The van der Waals surface area contributed by atoms with Gasteiger partial charge in [0.25, 0.3) is 0 Å². The van der Waals surface area contributed by atoms with Gasteiger partial charge in [0, 0.05) is 5.56 Å². The summed E-state index contributed by atoms with van der Waals surface area (Å²) in [7, 11) is 1.52.